The number of hydrogen-bond donors (Lipinski definition) is 0. The van der Waals surface area contributed by atoms with Crippen molar-refractivity contribution in [2.24, 2.45) is 10.5 Å². The predicted molar refractivity (Wildman–Crippen MR) is 172 cm³/mol. The molecule has 7 nitrogen and oxygen atoms in total. The van der Waals surface area contributed by atoms with E-state index in [0.717, 1.165) is 33.6 Å². The fourth-order valence-corrected chi connectivity index (χ4v) is 4.77. The van der Waals surface area contributed by atoms with Gasteiger partial charge in [-0.05, 0) is 77.8 Å². The van der Waals surface area contributed by atoms with Crippen LogP contribution in [-0.2, 0) is 6.42 Å². The van der Waals surface area contributed by atoms with E-state index in [1.54, 1.807) is 26.5 Å². The standard InChI is InChI=1S/C35H41N3O4/c1-10-13-25-17-24(18-31(41-9)32(25)42-21-35(5,6)7)20-36-38-33(37-29-15-12-11-14-26(29)34(38)39)28-19-27(22(2)3)30(40-8)16-23(28)4/h10-12,14-20,22H,1,13,21H2,2-9H3. The number of allylic oxidation sites excluding steroid dienone is 1. The van der Waals surface area contributed by atoms with E-state index in [1.807, 2.05) is 55.5 Å². The summed E-state index contributed by atoms with van der Waals surface area (Å²) in [6.07, 6.45) is 4.07. The SMILES string of the molecule is C=CCc1cc(C=Nn2c(-c3cc(C(C)C)c(OC)cc3C)nc3ccccc3c2=O)cc(OC)c1OCC(C)(C)C. The van der Waals surface area contributed by atoms with Crippen molar-refractivity contribution >= 4 is 17.1 Å². The van der Waals surface area contributed by atoms with E-state index in [1.165, 1.54) is 4.68 Å². The van der Waals surface area contributed by atoms with Crippen LogP contribution < -0.4 is 19.8 Å². The zero-order valence-electron chi connectivity index (χ0n) is 25.9. The molecule has 7 heteroatoms. The van der Waals surface area contributed by atoms with Crippen LogP contribution in [0, 0.1) is 12.3 Å². The molecule has 0 N–H and O–H groups in total. The van der Waals surface area contributed by atoms with Crippen LogP contribution in [0.5, 0.6) is 17.2 Å². The normalized spacial score (nSPS) is 11.8. The number of para-hydroxylation sites is 1. The lowest BCUT2D eigenvalue weighted by atomic mass is 9.96. The molecule has 0 unspecified atom stereocenters. The van der Waals surface area contributed by atoms with Crippen LogP contribution in [0.25, 0.3) is 22.3 Å². The fraction of sp³-hybridized carbons (Fsp3) is 0.343. The van der Waals surface area contributed by atoms with Gasteiger partial charge in [0.15, 0.2) is 17.3 Å². The zero-order valence-corrected chi connectivity index (χ0v) is 25.9. The Hall–Kier alpha value is -4.39. The van der Waals surface area contributed by atoms with Crippen LogP contribution in [0.2, 0.25) is 0 Å². The second-order valence-electron chi connectivity index (χ2n) is 11.9. The molecule has 0 saturated heterocycles. The van der Waals surface area contributed by atoms with Crippen molar-refractivity contribution in [3.63, 3.8) is 0 Å². The smallest absolute Gasteiger partial charge is 0.282 e. The highest BCUT2D eigenvalue weighted by Crippen LogP contribution is 2.36. The van der Waals surface area contributed by atoms with Crippen molar-refractivity contribution in [3.8, 4) is 28.6 Å². The molecule has 1 heterocycles. The number of fused-ring (bicyclic) bond motifs is 1. The Labute approximate surface area is 248 Å². The van der Waals surface area contributed by atoms with Crippen molar-refractivity contribution in [2.45, 2.75) is 53.9 Å². The van der Waals surface area contributed by atoms with Crippen molar-refractivity contribution in [1.82, 2.24) is 9.66 Å². The minimum absolute atomic E-state index is 0.0216. The van der Waals surface area contributed by atoms with Gasteiger partial charge >= 0.3 is 0 Å². The molecule has 0 atom stereocenters. The Balaban J connectivity index is 1.91. The minimum Gasteiger partial charge on any atom is -0.496 e. The molecular formula is C35H41N3O4. The highest BCUT2D eigenvalue weighted by molar-refractivity contribution is 5.83. The third-order valence-electron chi connectivity index (χ3n) is 6.90. The maximum Gasteiger partial charge on any atom is 0.282 e. The van der Waals surface area contributed by atoms with Crippen LogP contribution in [0.4, 0.5) is 0 Å². The molecule has 220 valence electrons. The molecule has 0 fully saturated rings. The molecule has 0 aliphatic rings. The summed E-state index contributed by atoms with van der Waals surface area (Å²) < 4.78 is 19.0. The molecule has 4 aromatic rings. The Bertz CT molecular complexity index is 1690. The van der Waals surface area contributed by atoms with Crippen LogP contribution in [0.3, 0.4) is 0 Å². The van der Waals surface area contributed by atoms with Gasteiger partial charge in [0.1, 0.15) is 5.75 Å². The van der Waals surface area contributed by atoms with Crippen LogP contribution >= 0.6 is 0 Å². The van der Waals surface area contributed by atoms with E-state index in [0.29, 0.717) is 41.3 Å². The monoisotopic (exact) mass is 567 g/mol. The van der Waals surface area contributed by atoms with E-state index in [9.17, 15) is 4.79 Å². The molecule has 0 bridgehead atoms. The van der Waals surface area contributed by atoms with Crippen molar-refractivity contribution in [3.05, 3.63) is 93.8 Å². The third kappa shape index (κ3) is 6.56. The fourth-order valence-electron chi connectivity index (χ4n) is 4.77. The van der Waals surface area contributed by atoms with Crippen LogP contribution in [-0.4, -0.2) is 36.7 Å². The number of aromatic nitrogens is 2. The van der Waals surface area contributed by atoms with Gasteiger partial charge in [-0.2, -0.15) is 9.78 Å². The van der Waals surface area contributed by atoms with Gasteiger partial charge in [0, 0.05) is 11.1 Å². The third-order valence-corrected chi connectivity index (χ3v) is 6.90. The van der Waals surface area contributed by atoms with E-state index in [2.05, 4.69) is 41.2 Å². The summed E-state index contributed by atoms with van der Waals surface area (Å²) in [5.41, 5.74) is 4.79. The number of hydrogen-bond acceptors (Lipinski definition) is 6. The summed E-state index contributed by atoms with van der Waals surface area (Å²) in [6, 6.07) is 15.2. The maximum atomic E-state index is 13.8. The Morgan fingerprint density at radius 3 is 2.40 bits per heavy atom. The van der Waals surface area contributed by atoms with E-state index < -0.39 is 0 Å². The first-order valence-corrected chi connectivity index (χ1v) is 14.2. The molecule has 0 saturated carbocycles. The number of nitrogens with zero attached hydrogens (tertiary/aromatic N) is 3. The number of methoxy groups -OCH3 is 2. The van der Waals surface area contributed by atoms with Crippen LogP contribution in [0.15, 0.2) is 71.1 Å². The van der Waals surface area contributed by atoms with Gasteiger partial charge in [0.25, 0.3) is 5.56 Å². The first-order chi connectivity index (χ1) is 20.0. The number of aryl methyl sites for hydroxylation is 1. The lowest BCUT2D eigenvalue weighted by molar-refractivity contribution is 0.190. The largest absolute Gasteiger partial charge is 0.496 e. The van der Waals surface area contributed by atoms with E-state index in [-0.39, 0.29) is 16.9 Å². The van der Waals surface area contributed by atoms with Crippen LogP contribution in [0.1, 0.15) is 62.8 Å². The quantitative estimate of drug-likeness (QED) is 0.146. The van der Waals surface area contributed by atoms with E-state index >= 15 is 0 Å². The summed E-state index contributed by atoms with van der Waals surface area (Å²) in [6.45, 7) is 17.0. The number of ether oxygens (including phenoxy) is 3. The number of rotatable bonds is 10. The van der Waals surface area contributed by atoms with Gasteiger partial charge in [-0.15, -0.1) is 6.58 Å². The summed E-state index contributed by atoms with van der Waals surface area (Å²) >= 11 is 0. The molecule has 0 radical (unpaired) electrons. The van der Waals surface area contributed by atoms with Gasteiger partial charge in [-0.25, -0.2) is 4.98 Å². The first kappa shape index (κ1) is 30.6. The van der Waals surface area contributed by atoms with Gasteiger partial charge < -0.3 is 14.2 Å². The summed E-state index contributed by atoms with van der Waals surface area (Å²) in [5.74, 6) is 2.75. The molecule has 0 amide bonds. The van der Waals surface area contributed by atoms with Gasteiger partial charge in [0.05, 0.1) is 37.9 Å². The molecule has 0 spiro atoms. The average Bonchev–Trinajstić information content (AvgIpc) is 2.95. The van der Waals surface area contributed by atoms with Crippen molar-refractivity contribution in [2.75, 3.05) is 20.8 Å². The Kier molecular flexibility index (Phi) is 9.20. The van der Waals surface area contributed by atoms with Gasteiger partial charge in [0.2, 0.25) is 0 Å². The van der Waals surface area contributed by atoms with E-state index in [4.69, 9.17) is 24.3 Å². The molecule has 1 aromatic heterocycles. The molecular weight excluding hydrogens is 526 g/mol. The average molecular weight is 568 g/mol. The van der Waals surface area contributed by atoms with Crippen molar-refractivity contribution < 1.29 is 14.2 Å². The lowest BCUT2D eigenvalue weighted by Crippen LogP contribution is -2.21. The highest BCUT2D eigenvalue weighted by atomic mass is 16.5. The molecule has 0 aliphatic heterocycles. The first-order valence-electron chi connectivity index (χ1n) is 14.2. The minimum atomic E-state index is -0.253. The Morgan fingerprint density at radius 2 is 1.76 bits per heavy atom. The Morgan fingerprint density at radius 1 is 1.05 bits per heavy atom. The van der Waals surface area contributed by atoms with Gasteiger partial charge in [-0.3, -0.25) is 4.79 Å². The molecule has 4 rings (SSSR count). The maximum absolute atomic E-state index is 13.8. The summed E-state index contributed by atoms with van der Waals surface area (Å²) in [7, 11) is 3.29. The second kappa shape index (κ2) is 12.6. The lowest BCUT2D eigenvalue weighted by Gasteiger charge is -2.22. The highest BCUT2D eigenvalue weighted by Gasteiger charge is 2.20. The molecule has 3 aromatic carbocycles. The topological polar surface area (TPSA) is 74.9 Å². The molecule has 0 aliphatic carbocycles. The summed E-state index contributed by atoms with van der Waals surface area (Å²) in [4.78, 5) is 18.8. The number of benzene rings is 3. The predicted octanol–water partition coefficient (Wildman–Crippen LogP) is 7.55. The van der Waals surface area contributed by atoms with Gasteiger partial charge in [-0.1, -0.05) is 52.8 Å². The molecule has 42 heavy (non-hydrogen) atoms. The second-order valence-corrected chi connectivity index (χ2v) is 11.9. The van der Waals surface area contributed by atoms with Crippen molar-refractivity contribution in [1.29, 1.82) is 0 Å². The zero-order chi connectivity index (χ0) is 30.6. The summed E-state index contributed by atoms with van der Waals surface area (Å²) in [5, 5.41) is 5.21.